The van der Waals surface area contributed by atoms with Crippen LogP contribution in [0.5, 0.6) is 0 Å². The highest BCUT2D eigenvalue weighted by molar-refractivity contribution is 6.32. The molecule has 0 unspecified atom stereocenters. The summed E-state index contributed by atoms with van der Waals surface area (Å²) in [4.78, 5) is 11.1. The molecule has 0 atom stereocenters. The van der Waals surface area contributed by atoms with Gasteiger partial charge in [-0.05, 0) is 6.07 Å². The van der Waals surface area contributed by atoms with Gasteiger partial charge in [0, 0.05) is 18.2 Å². The van der Waals surface area contributed by atoms with Gasteiger partial charge in [0.05, 0.1) is 11.9 Å². The summed E-state index contributed by atoms with van der Waals surface area (Å²) in [5, 5.41) is 8.40. The largest absolute Gasteiger partial charge is 0.378 e. The number of hydrogen-bond acceptors (Lipinski definition) is 3. The Hall–Kier alpha value is -1.95. The number of H-pyrrole nitrogens is 1. The molecule has 1 aromatic carbocycles. The predicted octanol–water partition coefficient (Wildman–Crippen LogP) is 2.31. The van der Waals surface area contributed by atoms with Crippen LogP contribution >= 0.6 is 11.6 Å². The molecule has 2 aromatic rings. The van der Waals surface area contributed by atoms with Gasteiger partial charge in [0.1, 0.15) is 16.7 Å². The van der Waals surface area contributed by atoms with Crippen LogP contribution in [-0.2, 0) is 6.54 Å². The van der Waals surface area contributed by atoms with Gasteiger partial charge in [-0.1, -0.05) is 17.7 Å². The topological polar surface area (TPSA) is 57.8 Å². The zero-order valence-electron chi connectivity index (χ0n) is 9.01. The second kappa shape index (κ2) is 5.14. The fraction of sp³-hybridized carbons (Fsp3) is 0.0909. The lowest BCUT2D eigenvalue weighted by Crippen LogP contribution is -2.12. The third-order valence-electron chi connectivity index (χ3n) is 2.28. The van der Waals surface area contributed by atoms with E-state index in [1.807, 2.05) is 0 Å². The van der Waals surface area contributed by atoms with Crippen LogP contribution < -0.4 is 10.9 Å². The van der Waals surface area contributed by atoms with E-state index in [1.165, 1.54) is 12.3 Å². The van der Waals surface area contributed by atoms with Gasteiger partial charge in [-0.2, -0.15) is 5.10 Å². The van der Waals surface area contributed by atoms with E-state index in [2.05, 4.69) is 15.5 Å². The first kappa shape index (κ1) is 12.5. The summed E-state index contributed by atoms with van der Waals surface area (Å²) in [7, 11) is 0. The first-order valence-electron chi connectivity index (χ1n) is 4.99. The molecule has 7 heteroatoms. The van der Waals surface area contributed by atoms with Gasteiger partial charge >= 0.3 is 0 Å². The lowest BCUT2D eigenvalue weighted by molar-refractivity contribution is 0.574. The monoisotopic (exact) mass is 271 g/mol. The molecule has 0 aliphatic heterocycles. The summed E-state index contributed by atoms with van der Waals surface area (Å²) >= 11 is 5.72. The third kappa shape index (κ3) is 2.65. The van der Waals surface area contributed by atoms with Gasteiger partial charge in [0.15, 0.2) is 0 Å². The minimum Gasteiger partial charge on any atom is -0.378 e. The van der Waals surface area contributed by atoms with Crippen LogP contribution in [0.4, 0.5) is 14.5 Å². The van der Waals surface area contributed by atoms with Gasteiger partial charge in [-0.15, -0.1) is 0 Å². The van der Waals surface area contributed by atoms with Crippen LogP contribution in [-0.4, -0.2) is 10.2 Å². The SMILES string of the molecule is O=c1[nH]ncc(NCc2ccc(F)cc2F)c1Cl. The van der Waals surface area contributed by atoms with Crippen molar-refractivity contribution in [3.8, 4) is 0 Å². The lowest BCUT2D eigenvalue weighted by Gasteiger charge is -2.07. The molecule has 18 heavy (non-hydrogen) atoms. The van der Waals surface area contributed by atoms with Crippen molar-refractivity contribution < 1.29 is 8.78 Å². The van der Waals surface area contributed by atoms with Crippen molar-refractivity contribution in [2.75, 3.05) is 5.32 Å². The number of halogens is 3. The minimum atomic E-state index is -0.670. The van der Waals surface area contributed by atoms with E-state index in [0.29, 0.717) is 0 Å². The molecule has 2 N–H and O–H groups in total. The maximum atomic E-state index is 13.3. The summed E-state index contributed by atoms with van der Waals surface area (Å²) in [5.41, 5.74) is -0.00173. The van der Waals surface area contributed by atoms with Crippen molar-refractivity contribution in [1.82, 2.24) is 10.2 Å². The first-order valence-corrected chi connectivity index (χ1v) is 5.36. The molecule has 4 nitrogen and oxygen atoms in total. The van der Waals surface area contributed by atoms with E-state index in [-0.39, 0.29) is 22.8 Å². The zero-order chi connectivity index (χ0) is 13.1. The highest BCUT2D eigenvalue weighted by Gasteiger charge is 2.07. The quantitative estimate of drug-likeness (QED) is 0.901. The van der Waals surface area contributed by atoms with Crippen LogP contribution in [0, 0.1) is 11.6 Å². The summed E-state index contributed by atoms with van der Waals surface area (Å²) in [5.74, 6) is -1.32. The Labute approximate surface area is 106 Å². The Balaban J connectivity index is 2.16. The second-order valence-corrected chi connectivity index (χ2v) is 3.89. The predicted molar refractivity (Wildman–Crippen MR) is 63.6 cm³/mol. The first-order chi connectivity index (χ1) is 8.58. The minimum absolute atomic E-state index is 0.0625. The molecule has 0 spiro atoms. The average molecular weight is 272 g/mol. The molecule has 94 valence electrons. The Morgan fingerprint density at radius 2 is 2.17 bits per heavy atom. The van der Waals surface area contributed by atoms with Crippen molar-refractivity contribution in [1.29, 1.82) is 0 Å². The number of nitrogens with zero attached hydrogens (tertiary/aromatic N) is 1. The maximum Gasteiger partial charge on any atom is 0.285 e. The normalized spacial score (nSPS) is 10.4. The van der Waals surface area contributed by atoms with Gasteiger partial charge in [-0.3, -0.25) is 4.79 Å². The van der Waals surface area contributed by atoms with Crippen LogP contribution in [0.3, 0.4) is 0 Å². The van der Waals surface area contributed by atoms with Crippen LogP contribution in [0.2, 0.25) is 5.02 Å². The summed E-state index contributed by atoms with van der Waals surface area (Å²) in [6, 6.07) is 3.25. The highest BCUT2D eigenvalue weighted by atomic mass is 35.5. The van der Waals surface area contributed by atoms with Crippen LogP contribution in [0.25, 0.3) is 0 Å². The molecule has 0 radical (unpaired) electrons. The van der Waals surface area contributed by atoms with E-state index in [9.17, 15) is 13.6 Å². The van der Waals surface area contributed by atoms with Gasteiger partial charge < -0.3 is 5.32 Å². The van der Waals surface area contributed by atoms with Crippen LogP contribution in [0.15, 0.2) is 29.2 Å². The number of rotatable bonds is 3. The molecule has 0 amide bonds. The Bertz CT molecular complexity index is 630. The van der Waals surface area contributed by atoms with E-state index in [1.54, 1.807) is 0 Å². The van der Waals surface area contributed by atoms with Crippen molar-refractivity contribution >= 4 is 17.3 Å². The molecule has 0 saturated heterocycles. The molecule has 0 saturated carbocycles. The molecule has 0 aliphatic carbocycles. The summed E-state index contributed by atoms with van der Waals surface area (Å²) in [6.07, 6.45) is 1.31. The van der Waals surface area contributed by atoms with E-state index < -0.39 is 17.2 Å². The fourth-order valence-corrected chi connectivity index (χ4v) is 1.52. The lowest BCUT2D eigenvalue weighted by atomic mass is 10.2. The Morgan fingerprint density at radius 3 is 2.89 bits per heavy atom. The molecule has 0 aliphatic rings. The van der Waals surface area contributed by atoms with Crippen LogP contribution in [0.1, 0.15) is 5.56 Å². The number of anilines is 1. The molecule has 1 aromatic heterocycles. The van der Waals surface area contributed by atoms with E-state index in [4.69, 9.17) is 11.6 Å². The standard InChI is InChI=1S/C11H8ClF2N3O/c12-10-9(5-16-17-11(10)18)15-4-6-1-2-7(13)3-8(6)14/h1-3,5H,4H2,(H2,15,17,18). The number of hydrogen-bond donors (Lipinski definition) is 2. The third-order valence-corrected chi connectivity index (χ3v) is 2.66. The summed E-state index contributed by atoms with van der Waals surface area (Å²) < 4.78 is 26.0. The molecule has 0 fully saturated rings. The maximum absolute atomic E-state index is 13.3. The smallest absolute Gasteiger partial charge is 0.285 e. The van der Waals surface area contributed by atoms with Gasteiger partial charge in [-0.25, -0.2) is 13.9 Å². The summed E-state index contributed by atoms with van der Waals surface area (Å²) in [6.45, 7) is 0.0664. The molecular weight excluding hydrogens is 264 g/mol. The fourth-order valence-electron chi connectivity index (χ4n) is 1.36. The number of nitrogens with one attached hydrogen (secondary N) is 2. The van der Waals surface area contributed by atoms with E-state index >= 15 is 0 Å². The average Bonchev–Trinajstić information content (AvgIpc) is 2.33. The molecule has 2 rings (SSSR count). The number of aromatic nitrogens is 2. The van der Waals surface area contributed by atoms with Crippen molar-refractivity contribution in [3.05, 3.63) is 57.0 Å². The number of aromatic amines is 1. The highest BCUT2D eigenvalue weighted by Crippen LogP contribution is 2.17. The van der Waals surface area contributed by atoms with Gasteiger partial charge in [0.2, 0.25) is 0 Å². The molecular formula is C11H8ClF2N3O. The Kier molecular flexibility index (Phi) is 3.57. The number of benzene rings is 1. The van der Waals surface area contributed by atoms with E-state index in [0.717, 1.165) is 12.1 Å². The van der Waals surface area contributed by atoms with Crippen molar-refractivity contribution in [2.24, 2.45) is 0 Å². The zero-order valence-corrected chi connectivity index (χ0v) is 9.76. The van der Waals surface area contributed by atoms with Crippen molar-refractivity contribution in [3.63, 3.8) is 0 Å². The Morgan fingerprint density at radius 1 is 1.39 bits per heavy atom. The van der Waals surface area contributed by atoms with Crippen molar-refractivity contribution in [2.45, 2.75) is 6.54 Å². The molecule has 1 heterocycles. The van der Waals surface area contributed by atoms with Gasteiger partial charge in [0.25, 0.3) is 5.56 Å². The molecule has 0 bridgehead atoms. The second-order valence-electron chi connectivity index (χ2n) is 3.52.